The lowest BCUT2D eigenvalue weighted by Crippen LogP contribution is -2.29. The predicted octanol–water partition coefficient (Wildman–Crippen LogP) is 2.79. The standard InChI is InChI=1S/C19H24N2O4S/c1-5-17(14-8-6-13(2)7-9-14)21-26(23,24)15-10-11-18(25-4)16(12-15)19(22)20-3/h6-12,17,21H,5H2,1-4H3,(H,20,22)/t17-/m1/s1. The number of aryl methyl sites for hydroxylation is 1. The van der Waals surface area contributed by atoms with Crippen LogP contribution in [0.4, 0.5) is 0 Å². The van der Waals surface area contributed by atoms with E-state index in [1.807, 2.05) is 38.1 Å². The molecule has 2 aromatic rings. The Morgan fingerprint density at radius 1 is 1.15 bits per heavy atom. The van der Waals surface area contributed by atoms with Gasteiger partial charge in [-0.15, -0.1) is 0 Å². The number of amides is 1. The molecular weight excluding hydrogens is 352 g/mol. The molecule has 0 saturated heterocycles. The van der Waals surface area contributed by atoms with Crippen molar-refractivity contribution in [1.29, 1.82) is 0 Å². The monoisotopic (exact) mass is 376 g/mol. The molecule has 0 saturated carbocycles. The van der Waals surface area contributed by atoms with Gasteiger partial charge in [-0.3, -0.25) is 4.79 Å². The van der Waals surface area contributed by atoms with Gasteiger partial charge in [-0.25, -0.2) is 13.1 Å². The summed E-state index contributed by atoms with van der Waals surface area (Å²) in [5, 5.41) is 2.48. The molecule has 0 aliphatic rings. The maximum absolute atomic E-state index is 12.8. The predicted molar refractivity (Wildman–Crippen MR) is 101 cm³/mol. The van der Waals surface area contributed by atoms with Crippen LogP contribution >= 0.6 is 0 Å². The quantitative estimate of drug-likeness (QED) is 0.778. The van der Waals surface area contributed by atoms with Crippen LogP contribution < -0.4 is 14.8 Å². The van der Waals surface area contributed by atoms with Crippen molar-refractivity contribution in [2.24, 2.45) is 0 Å². The van der Waals surface area contributed by atoms with E-state index >= 15 is 0 Å². The Balaban J connectivity index is 2.37. The molecule has 0 bridgehead atoms. The van der Waals surface area contributed by atoms with E-state index < -0.39 is 15.9 Å². The van der Waals surface area contributed by atoms with Crippen LogP contribution in [0.2, 0.25) is 0 Å². The lowest BCUT2D eigenvalue weighted by Gasteiger charge is -2.18. The molecule has 0 heterocycles. The van der Waals surface area contributed by atoms with Crippen molar-refractivity contribution in [3.05, 3.63) is 59.2 Å². The average Bonchev–Trinajstić information content (AvgIpc) is 2.65. The van der Waals surface area contributed by atoms with E-state index in [0.717, 1.165) is 11.1 Å². The second-order valence-electron chi connectivity index (χ2n) is 5.93. The highest BCUT2D eigenvalue weighted by molar-refractivity contribution is 7.89. The fraction of sp³-hybridized carbons (Fsp3) is 0.316. The van der Waals surface area contributed by atoms with Gasteiger partial charge in [-0.1, -0.05) is 36.8 Å². The number of methoxy groups -OCH3 is 1. The first-order valence-electron chi connectivity index (χ1n) is 8.31. The molecule has 0 unspecified atom stereocenters. The van der Waals surface area contributed by atoms with Crippen LogP contribution in [0, 0.1) is 6.92 Å². The maximum atomic E-state index is 12.8. The van der Waals surface area contributed by atoms with Gasteiger partial charge in [0.25, 0.3) is 5.91 Å². The third-order valence-electron chi connectivity index (χ3n) is 4.14. The molecule has 0 aromatic heterocycles. The molecule has 26 heavy (non-hydrogen) atoms. The first-order chi connectivity index (χ1) is 12.3. The first kappa shape index (κ1) is 19.9. The molecule has 0 fully saturated rings. The Labute approximate surface area is 154 Å². The van der Waals surface area contributed by atoms with Crippen molar-refractivity contribution in [2.75, 3.05) is 14.2 Å². The number of carbonyl (C=O) groups excluding carboxylic acids is 1. The highest BCUT2D eigenvalue weighted by Gasteiger charge is 2.23. The summed E-state index contributed by atoms with van der Waals surface area (Å²) in [6, 6.07) is 11.6. The zero-order valence-corrected chi connectivity index (χ0v) is 16.2. The van der Waals surface area contributed by atoms with Crippen molar-refractivity contribution < 1.29 is 17.9 Å². The Morgan fingerprint density at radius 2 is 1.81 bits per heavy atom. The Bertz CT molecular complexity index is 877. The molecule has 0 spiro atoms. The second kappa shape index (κ2) is 8.33. The van der Waals surface area contributed by atoms with Crippen LogP contribution in [0.5, 0.6) is 5.75 Å². The highest BCUT2D eigenvalue weighted by atomic mass is 32.2. The van der Waals surface area contributed by atoms with E-state index in [1.54, 1.807) is 0 Å². The van der Waals surface area contributed by atoms with E-state index in [9.17, 15) is 13.2 Å². The second-order valence-corrected chi connectivity index (χ2v) is 7.65. The summed E-state index contributed by atoms with van der Waals surface area (Å²) in [5.41, 5.74) is 2.17. The highest BCUT2D eigenvalue weighted by Crippen LogP contribution is 2.25. The normalized spacial score (nSPS) is 12.5. The zero-order chi connectivity index (χ0) is 19.3. The summed E-state index contributed by atoms with van der Waals surface area (Å²) >= 11 is 0. The number of nitrogens with one attached hydrogen (secondary N) is 2. The SMILES string of the molecule is CC[C@@H](NS(=O)(=O)c1ccc(OC)c(C(=O)NC)c1)c1ccc(C)cc1. The molecule has 7 heteroatoms. The fourth-order valence-electron chi connectivity index (χ4n) is 2.61. The molecule has 1 atom stereocenters. The minimum absolute atomic E-state index is 0.0162. The molecule has 2 rings (SSSR count). The third-order valence-corrected chi connectivity index (χ3v) is 5.61. The largest absolute Gasteiger partial charge is 0.496 e. The summed E-state index contributed by atoms with van der Waals surface area (Å²) in [6.07, 6.45) is 0.598. The lowest BCUT2D eigenvalue weighted by molar-refractivity contribution is 0.0960. The fourth-order valence-corrected chi connectivity index (χ4v) is 3.94. The van der Waals surface area contributed by atoms with Crippen molar-refractivity contribution in [2.45, 2.75) is 31.2 Å². The van der Waals surface area contributed by atoms with Gasteiger partial charge in [0.1, 0.15) is 5.75 Å². The number of hydrogen-bond donors (Lipinski definition) is 2. The molecule has 0 radical (unpaired) electrons. The molecule has 140 valence electrons. The van der Waals surface area contributed by atoms with E-state index in [4.69, 9.17) is 4.74 Å². The maximum Gasteiger partial charge on any atom is 0.254 e. The van der Waals surface area contributed by atoms with Gasteiger partial charge in [0.05, 0.1) is 17.6 Å². The number of rotatable bonds is 7. The van der Waals surface area contributed by atoms with Gasteiger partial charge < -0.3 is 10.1 Å². The van der Waals surface area contributed by atoms with E-state index in [0.29, 0.717) is 12.2 Å². The van der Waals surface area contributed by atoms with Crippen LogP contribution in [0.25, 0.3) is 0 Å². The van der Waals surface area contributed by atoms with Gasteiger partial charge in [-0.2, -0.15) is 0 Å². The first-order valence-corrected chi connectivity index (χ1v) is 9.79. The Kier molecular flexibility index (Phi) is 6.39. The van der Waals surface area contributed by atoms with Crippen LogP contribution in [0.3, 0.4) is 0 Å². The van der Waals surface area contributed by atoms with Crippen LogP contribution in [-0.4, -0.2) is 28.5 Å². The van der Waals surface area contributed by atoms with Gasteiger partial charge in [0.15, 0.2) is 0 Å². The molecule has 2 N–H and O–H groups in total. The number of carbonyl (C=O) groups is 1. The molecule has 0 aliphatic heterocycles. The Hall–Kier alpha value is -2.38. The number of benzene rings is 2. The minimum Gasteiger partial charge on any atom is -0.496 e. The smallest absolute Gasteiger partial charge is 0.254 e. The number of ether oxygens (including phenoxy) is 1. The van der Waals surface area contributed by atoms with E-state index in [2.05, 4.69) is 10.0 Å². The van der Waals surface area contributed by atoms with Crippen molar-refractivity contribution in [1.82, 2.24) is 10.0 Å². The van der Waals surface area contributed by atoms with Crippen LogP contribution in [-0.2, 0) is 10.0 Å². The van der Waals surface area contributed by atoms with Gasteiger partial charge in [0.2, 0.25) is 10.0 Å². The van der Waals surface area contributed by atoms with Gasteiger partial charge >= 0.3 is 0 Å². The average molecular weight is 376 g/mol. The van der Waals surface area contributed by atoms with Gasteiger partial charge in [-0.05, 0) is 37.1 Å². The van der Waals surface area contributed by atoms with Crippen molar-refractivity contribution in [3.63, 3.8) is 0 Å². The van der Waals surface area contributed by atoms with E-state index in [1.165, 1.54) is 32.4 Å². The molecular formula is C19H24N2O4S. The molecule has 2 aromatic carbocycles. The van der Waals surface area contributed by atoms with Crippen molar-refractivity contribution in [3.8, 4) is 5.75 Å². The number of sulfonamides is 1. The lowest BCUT2D eigenvalue weighted by atomic mass is 10.0. The topological polar surface area (TPSA) is 84.5 Å². The summed E-state index contributed by atoms with van der Waals surface area (Å²) in [7, 11) is -0.897. The summed E-state index contributed by atoms with van der Waals surface area (Å²) < 4.78 is 33.5. The number of hydrogen-bond acceptors (Lipinski definition) is 4. The van der Waals surface area contributed by atoms with Crippen LogP contribution in [0.15, 0.2) is 47.4 Å². The third kappa shape index (κ3) is 4.42. The Morgan fingerprint density at radius 3 is 2.35 bits per heavy atom. The van der Waals surface area contributed by atoms with E-state index in [-0.39, 0.29) is 16.5 Å². The minimum atomic E-state index is -3.80. The molecule has 0 aliphatic carbocycles. The van der Waals surface area contributed by atoms with Crippen LogP contribution in [0.1, 0.15) is 40.9 Å². The summed E-state index contributed by atoms with van der Waals surface area (Å²) in [4.78, 5) is 12.0. The van der Waals surface area contributed by atoms with Crippen molar-refractivity contribution >= 4 is 15.9 Å². The summed E-state index contributed by atoms with van der Waals surface area (Å²) in [6.45, 7) is 3.89. The van der Waals surface area contributed by atoms with Gasteiger partial charge in [0, 0.05) is 13.1 Å². The molecule has 1 amide bonds. The molecule has 6 nitrogen and oxygen atoms in total. The zero-order valence-electron chi connectivity index (χ0n) is 15.4. The summed E-state index contributed by atoms with van der Waals surface area (Å²) in [5.74, 6) is -0.0987.